The van der Waals surface area contributed by atoms with E-state index in [1.54, 1.807) is 40.0 Å². The lowest BCUT2D eigenvalue weighted by atomic mass is 9.85. The standard InChI is InChI=1S/C34H41N4O8P/c1-7-21-18-34(21,47(42)43)37-30(39)27-16-23(19-38(27)31(40)29(33(2,3)4)36-32(41)45-6)46-28-17-25(20-11-9-8-10-12-20)35-26-15-22(44-5)13-14-24(26)28/h7-15,17,21,23,27,29,47H,1,16,18-19H2,2-6H3,(H,36,41)(H,37,39)(H,42,43)/t21-,23-,27+,29?,34+/m1/s1. The molecule has 0 spiro atoms. The van der Waals surface area contributed by atoms with Crippen LogP contribution in [0, 0.1) is 11.3 Å². The molecule has 1 aromatic heterocycles. The maximum Gasteiger partial charge on any atom is 0.407 e. The highest BCUT2D eigenvalue weighted by atomic mass is 31.1. The molecule has 1 aliphatic heterocycles. The van der Waals surface area contributed by atoms with Crippen molar-refractivity contribution in [2.45, 2.75) is 57.1 Å². The van der Waals surface area contributed by atoms with Gasteiger partial charge in [0.05, 0.1) is 32.0 Å². The second-order valence-corrected chi connectivity index (χ2v) is 14.5. The van der Waals surface area contributed by atoms with Gasteiger partial charge in [-0.15, -0.1) is 6.58 Å². The van der Waals surface area contributed by atoms with Crippen LogP contribution < -0.4 is 20.1 Å². The minimum absolute atomic E-state index is 0.0131. The predicted molar refractivity (Wildman–Crippen MR) is 177 cm³/mol. The number of carbonyl (C=O) groups is 3. The maximum atomic E-state index is 14.2. The molecule has 1 aliphatic carbocycles. The SMILES string of the molecule is C=C[C@@H]1C[C@]1(NC(=O)[C@@H]1C[C@@H](Oc2cc(-c3ccccc3)nc3cc(OC)ccc23)CN1C(=O)C(NC(=O)OC)C(C)(C)C)[PH](=O)O. The van der Waals surface area contributed by atoms with Crippen LogP contribution in [-0.2, 0) is 18.9 Å². The number of methoxy groups -OCH3 is 2. The molecule has 0 radical (unpaired) electrons. The number of ether oxygens (including phenoxy) is 3. The number of nitrogens with one attached hydrogen (secondary N) is 2. The first-order valence-corrected chi connectivity index (χ1v) is 16.7. The number of amides is 3. The average molecular weight is 665 g/mol. The van der Waals surface area contributed by atoms with Crippen molar-refractivity contribution in [3.05, 3.63) is 67.3 Å². The quantitative estimate of drug-likeness (QED) is 0.210. The Hall–Kier alpha value is -4.41. The fourth-order valence-corrected chi connectivity index (χ4v) is 7.08. The van der Waals surface area contributed by atoms with Gasteiger partial charge < -0.3 is 34.6 Å². The molecule has 2 fully saturated rings. The van der Waals surface area contributed by atoms with Crippen LogP contribution in [-0.4, -0.2) is 76.9 Å². The van der Waals surface area contributed by atoms with Gasteiger partial charge in [0, 0.05) is 35.4 Å². The number of fused-ring (bicyclic) bond motifs is 1. The van der Waals surface area contributed by atoms with E-state index >= 15 is 0 Å². The molecule has 6 atom stereocenters. The summed E-state index contributed by atoms with van der Waals surface area (Å²) in [5, 5.41) is 4.79. The predicted octanol–water partition coefficient (Wildman–Crippen LogP) is 4.51. The number of benzene rings is 2. The number of rotatable bonds is 10. The topological polar surface area (TPSA) is 156 Å². The molecular formula is C34H41N4O8P. The van der Waals surface area contributed by atoms with Gasteiger partial charge in [0.15, 0.2) is 0 Å². The Kier molecular flexibility index (Phi) is 9.65. The van der Waals surface area contributed by atoms with Crippen molar-refractivity contribution in [3.8, 4) is 22.8 Å². The van der Waals surface area contributed by atoms with E-state index in [9.17, 15) is 23.8 Å². The molecule has 2 aromatic carbocycles. The van der Waals surface area contributed by atoms with Gasteiger partial charge in [-0.05, 0) is 24.0 Å². The lowest BCUT2D eigenvalue weighted by Gasteiger charge is -2.35. The van der Waals surface area contributed by atoms with Gasteiger partial charge in [-0.2, -0.15) is 0 Å². The lowest BCUT2D eigenvalue weighted by molar-refractivity contribution is -0.142. The van der Waals surface area contributed by atoms with Gasteiger partial charge in [-0.1, -0.05) is 57.2 Å². The number of likely N-dealkylation sites (tertiary alicyclic amines) is 1. The van der Waals surface area contributed by atoms with Gasteiger partial charge in [0.1, 0.15) is 35.0 Å². The summed E-state index contributed by atoms with van der Waals surface area (Å²) in [6.45, 7) is 9.11. The van der Waals surface area contributed by atoms with E-state index < -0.39 is 54.8 Å². The van der Waals surface area contributed by atoms with Crippen molar-refractivity contribution in [3.63, 3.8) is 0 Å². The molecule has 5 rings (SSSR count). The first-order valence-electron chi connectivity index (χ1n) is 15.3. The minimum atomic E-state index is -3.18. The number of pyridine rings is 1. The Bertz CT molecular complexity index is 1710. The Morgan fingerprint density at radius 2 is 1.87 bits per heavy atom. The van der Waals surface area contributed by atoms with Crippen LogP contribution in [0.3, 0.4) is 0 Å². The first kappa shape index (κ1) is 33.9. The fourth-order valence-electron chi connectivity index (χ4n) is 6.02. The van der Waals surface area contributed by atoms with Gasteiger partial charge in [0.25, 0.3) is 0 Å². The summed E-state index contributed by atoms with van der Waals surface area (Å²) < 4.78 is 29.2. The number of nitrogens with zero attached hydrogens (tertiary/aromatic N) is 2. The van der Waals surface area contributed by atoms with Crippen LogP contribution in [0.4, 0.5) is 4.79 Å². The number of hydrogen-bond acceptors (Lipinski definition) is 8. The second kappa shape index (κ2) is 13.4. The molecule has 3 amide bonds. The van der Waals surface area contributed by atoms with Crippen molar-refractivity contribution in [1.82, 2.24) is 20.5 Å². The molecule has 13 heteroatoms. The molecule has 12 nitrogen and oxygen atoms in total. The molecule has 2 unspecified atom stereocenters. The summed E-state index contributed by atoms with van der Waals surface area (Å²) >= 11 is 0. The molecule has 2 heterocycles. The smallest absolute Gasteiger partial charge is 0.407 e. The van der Waals surface area contributed by atoms with Crippen molar-refractivity contribution in [1.29, 1.82) is 0 Å². The Balaban J connectivity index is 1.51. The fraction of sp³-hybridized carbons (Fsp3) is 0.412. The summed E-state index contributed by atoms with van der Waals surface area (Å²) in [6, 6.07) is 14.8. The highest BCUT2D eigenvalue weighted by Crippen LogP contribution is 2.58. The zero-order chi connectivity index (χ0) is 34.1. The van der Waals surface area contributed by atoms with Gasteiger partial charge in [0.2, 0.25) is 19.8 Å². The van der Waals surface area contributed by atoms with Crippen LogP contribution in [0.15, 0.2) is 67.3 Å². The van der Waals surface area contributed by atoms with Crippen molar-refractivity contribution >= 4 is 36.8 Å². The summed E-state index contributed by atoms with van der Waals surface area (Å²) in [4.78, 5) is 56.7. The molecule has 47 heavy (non-hydrogen) atoms. The van der Waals surface area contributed by atoms with Crippen molar-refractivity contribution < 1.29 is 38.1 Å². The summed E-state index contributed by atoms with van der Waals surface area (Å²) in [7, 11) is -0.400. The summed E-state index contributed by atoms with van der Waals surface area (Å²) in [6.07, 6.45) is 0.477. The average Bonchev–Trinajstić information content (AvgIpc) is 3.62. The van der Waals surface area contributed by atoms with E-state index in [0.29, 0.717) is 28.1 Å². The monoisotopic (exact) mass is 664 g/mol. The van der Waals surface area contributed by atoms with Crippen LogP contribution in [0.1, 0.15) is 33.6 Å². The largest absolute Gasteiger partial charge is 0.497 e. The minimum Gasteiger partial charge on any atom is -0.497 e. The summed E-state index contributed by atoms with van der Waals surface area (Å²) in [5.41, 5.74) is 1.42. The zero-order valence-corrected chi connectivity index (χ0v) is 28.1. The highest BCUT2D eigenvalue weighted by molar-refractivity contribution is 7.40. The zero-order valence-electron chi connectivity index (χ0n) is 27.1. The molecule has 2 aliphatic rings. The van der Waals surface area contributed by atoms with Crippen molar-refractivity contribution in [2.24, 2.45) is 11.3 Å². The van der Waals surface area contributed by atoms with E-state index in [1.165, 1.54) is 12.0 Å². The van der Waals surface area contributed by atoms with Crippen molar-refractivity contribution in [2.75, 3.05) is 20.8 Å². The van der Waals surface area contributed by atoms with E-state index in [0.717, 1.165) is 5.56 Å². The molecule has 1 saturated carbocycles. The highest BCUT2D eigenvalue weighted by Gasteiger charge is 2.59. The Morgan fingerprint density at radius 1 is 1.15 bits per heavy atom. The third-order valence-electron chi connectivity index (χ3n) is 8.78. The van der Waals surface area contributed by atoms with Gasteiger partial charge >= 0.3 is 6.09 Å². The van der Waals surface area contributed by atoms with E-state index in [-0.39, 0.29) is 25.3 Å². The third kappa shape index (κ3) is 6.99. The maximum absolute atomic E-state index is 14.2. The van der Waals surface area contributed by atoms with E-state index in [2.05, 4.69) is 17.2 Å². The second-order valence-electron chi connectivity index (χ2n) is 13.0. The number of hydrogen-bond donors (Lipinski definition) is 3. The number of aromatic nitrogens is 1. The summed E-state index contributed by atoms with van der Waals surface area (Å²) in [5.74, 6) is -0.329. The molecule has 0 bridgehead atoms. The van der Waals surface area contributed by atoms with Crippen LogP contribution in [0.2, 0.25) is 0 Å². The van der Waals surface area contributed by atoms with Gasteiger partial charge in [-0.25, -0.2) is 9.78 Å². The molecule has 250 valence electrons. The van der Waals surface area contributed by atoms with Crippen LogP contribution in [0.25, 0.3) is 22.2 Å². The third-order valence-corrected chi connectivity index (χ3v) is 10.2. The Labute approximate surface area is 274 Å². The molecular weight excluding hydrogens is 623 g/mol. The van der Waals surface area contributed by atoms with Crippen LogP contribution >= 0.6 is 8.03 Å². The van der Waals surface area contributed by atoms with E-state index in [1.807, 2.05) is 48.5 Å². The van der Waals surface area contributed by atoms with Gasteiger partial charge in [-0.3, -0.25) is 14.2 Å². The molecule has 1 saturated heterocycles. The number of carbonyl (C=O) groups excluding carboxylic acids is 3. The van der Waals surface area contributed by atoms with Crippen LogP contribution in [0.5, 0.6) is 11.5 Å². The number of alkyl carbamates (subject to hydrolysis) is 1. The normalized spacial score (nSPS) is 23.4. The molecule has 3 N–H and O–H groups in total. The Morgan fingerprint density at radius 3 is 2.47 bits per heavy atom. The first-order chi connectivity index (χ1) is 22.3. The lowest BCUT2D eigenvalue weighted by Crippen LogP contribution is -2.58. The molecule has 3 aromatic rings. The van der Waals surface area contributed by atoms with E-state index in [4.69, 9.17) is 19.2 Å².